The monoisotopic (exact) mass is 392 g/mol. The summed E-state index contributed by atoms with van der Waals surface area (Å²) in [7, 11) is 0. The Balaban J connectivity index is 2.86. The first-order valence-electron chi connectivity index (χ1n) is 9.47. The lowest BCUT2D eigenvalue weighted by molar-refractivity contribution is -0.140. The number of carboxylic acid groups (broad SMARTS) is 2. The summed E-state index contributed by atoms with van der Waals surface area (Å²) >= 11 is 0. The van der Waals surface area contributed by atoms with Gasteiger partial charge in [0.1, 0.15) is 12.1 Å². The summed E-state index contributed by atoms with van der Waals surface area (Å²) in [5.41, 5.74) is 0.270. The summed E-state index contributed by atoms with van der Waals surface area (Å²) in [6, 6.07) is 3.74. The molecule has 0 aliphatic carbocycles. The van der Waals surface area contributed by atoms with Crippen LogP contribution in [-0.2, 0) is 9.59 Å². The molecule has 0 aliphatic rings. The summed E-state index contributed by atoms with van der Waals surface area (Å²) in [5.74, 6) is -3.43. The Morgan fingerprint density at radius 1 is 0.821 bits per heavy atom. The molecule has 2 amide bonds. The highest BCUT2D eigenvalue weighted by Gasteiger charge is 2.22. The minimum atomic E-state index is -1.11. The molecule has 154 valence electrons. The van der Waals surface area contributed by atoms with Crippen LogP contribution < -0.4 is 10.6 Å². The summed E-state index contributed by atoms with van der Waals surface area (Å²) < 4.78 is 0. The topological polar surface area (TPSA) is 133 Å². The summed E-state index contributed by atoms with van der Waals surface area (Å²) in [6.45, 7) is 3.85. The van der Waals surface area contributed by atoms with Crippen LogP contribution in [0.15, 0.2) is 24.3 Å². The van der Waals surface area contributed by atoms with Gasteiger partial charge in [-0.1, -0.05) is 45.6 Å². The van der Waals surface area contributed by atoms with Crippen LogP contribution in [0.3, 0.4) is 0 Å². The number of rotatable bonds is 12. The molecule has 0 heterocycles. The SMILES string of the molecule is CCCC[C@H](NC(=O)c1cccc(C(=O)N[C@@H](CCCC)C(=O)O)c1)C(=O)O. The number of aliphatic carboxylic acids is 2. The molecule has 0 bridgehead atoms. The van der Waals surface area contributed by atoms with Crippen molar-refractivity contribution in [1.82, 2.24) is 10.6 Å². The molecular weight excluding hydrogens is 364 g/mol. The van der Waals surface area contributed by atoms with E-state index < -0.39 is 35.8 Å². The van der Waals surface area contributed by atoms with Gasteiger partial charge in [-0.3, -0.25) is 9.59 Å². The fourth-order valence-corrected chi connectivity index (χ4v) is 2.62. The largest absolute Gasteiger partial charge is 0.480 e. The first kappa shape index (κ1) is 23.1. The minimum Gasteiger partial charge on any atom is -0.480 e. The molecule has 0 saturated carbocycles. The molecule has 1 rings (SSSR count). The fourth-order valence-electron chi connectivity index (χ4n) is 2.62. The van der Waals surface area contributed by atoms with Crippen LogP contribution in [0.1, 0.15) is 73.1 Å². The molecule has 1 aromatic carbocycles. The lowest BCUT2D eigenvalue weighted by Crippen LogP contribution is -2.41. The van der Waals surface area contributed by atoms with Crippen LogP contribution in [0.5, 0.6) is 0 Å². The fraction of sp³-hybridized carbons (Fsp3) is 0.500. The molecule has 0 spiro atoms. The quantitative estimate of drug-likeness (QED) is 0.432. The van der Waals surface area contributed by atoms with Gasteiger partial charge in [-0.15, -0.1) is 0 Å². The number of unbranched alkanes of at least 4 members (excludes halogenated alkanes) is 2. The van der Waals surface area contributed by atoms with Crippen LogP contribution in [0.4, 0.5) is 0 Å². The maximum atomic E-state index is 12.4. The van der Waals surface area contributed by atoms with E-state index in [0.29, 0.717) is 25.7 Å². The predicted molar refractivity (Wildman–Crippen MR) is 103 cm³/mol. The van der Waals surface area contributed by atoms with Crippen molar-refractivity contribution in [2.24, 2.45) is 0 Å². The van der Waals surface area contributed by atoms with E-state index in [9.17, 15) is 29.4 Å². The van der Waals surface area contributed by atoms with Gasteiger partial charge in [0.05, 0.1) is 0 Å². The summed E-state index contributed by atoms with van der Waals surface area (Å²) in [6.07, 6.45) is 3.56. The lowest BCUT2D eigenvalue weighted by Gasteiger charge is -2.16. The van der Waals surface area contributed by atoms with Gasteiger partial charge in [0.15, 0.2) is 0 Å². The number of hydrogen-bond donors (Lipinski definition) is 4. The number of carboxylic acids is 2. The molecule has 2 atom stereocenters. The Morgan fingerprint density at radius 2 is 1.21 bits per heavy atom. The number of nitrogens with one attached hydrogen (secondary N) is 2. The molecule has 8 nitrogen and oxygen atoms in total. The van der Waals surface area contributed by atoms with Crippen molar-refractivity contribution in [3.05, 3.63) is 35.4 Å². The van der Waals surface area contributed by atoms with Gasteiger partial charge < -0.3 is 20.8 Å². The van der Waals surface area contributed by atoms with Crippen LogP contribution >= 0.6 is 0 Å². The first-order valence-corrected chi connectivity index (χ1v) is 9.47. The molecule has 0 unspecified atom stereocenters. The van der Waals surface area contributed by atoms with Crippen molar-refractivity contribution in [2.45, 2.75) is 64.5 Å². The molecule has 0 fully saturated rings. The zero-order valence-corrected chi connectivity index (χ0v) is 16.2. The summed E-state index contributed by atoms with van der Waals surface area (Å²) in [5, 5.41) is 23.4. The van der Waals surface area contributed by atoms with Crippen LogP contribution in [0.25, 0.3) is 0 Å². The number of carbonyl (C=O) groups excluding carboxylic acids is 2. The summed E-state index contributed by atoms with van der Waals surface area (Å²) in [4.78, 5) is 47.3. The molecule has 0 radical (unpaired) electrons. The maximum absolute atomic E-state index is 12.4. The second-order valence-corrected chi connectivity index (χ2v) is 6.59. The third-order valence-electron chi connectivity index (χ3n) is 4.29. The highest BCUT2D eigenvalue weighted by molar-refractivity contribution is 6.01. The molecule has 0 saturated heterocycles. The van der Waals surface area contributed by atoms with Crippen molar-refractivity contribution in [1.29, 1.82) is 0 Å². The molecule has 4 N–H and O–H groups in total. The van der Waals surface area contributed by atoms with Crippen LogP contribution in [0.2, 0.25) is 0 Å². The van der Waals surface area contributed by atoms with Gasteiger partial charge in [-0.05, 0) is 31.0 Å². The highest BCUT2D eigenvalue weighted by Crippen LogP contribution is 2.09. The maximum Gasteiger partial charge on any atom is 0.326 e. The van der Waals surface area contributed by atoms with Gasteiger partial charge in [-0.25, -0.2) is 9.59 Å². The minimum absolute atomic E-state index is 0.135. The Morgan fingerprint density at radius 3 is 1.54 bits per heavy atom. The number of hydrogen-bond acceptors (Lipinski definition) is 4. The molecule has 8 heteroatoms. The Kier molecular flexibility index (Phi) is 9.70. The van der Waals surface area contributed by atoms with Gasteiger partial charge in [-0.2, -0.15) is 0 Å². The van der Waals surface area contributed by atoms with Crippen molar-refractivity contribution in [3.8, 4) is 0 Å². The Bertz CT molecular complexity index is 648. The van der Waals surface area contributed by atoms with Crippen LogP contribution in [-0.4, -0.2) is 46.0 Å². The van der Waals surface area contributed by atoms with Crippen LogP contribution in [0, 0.1) is 0 Å². The third-order valence-corrected chi connectivity index (χ3v) is 4.29. The molecule has 0 aromatic heterocycles. The van der Waals surface area contributed by atoms with E-state index in [1.54, 1.807) is 0 Å². The van der Waals surface area contributed by atoms with E-state index in [0.717, 1.165) is 12.8 Å². The lowest BCUT2D eigenvalue weighted by atomic mass is 10.1. The van der Waals surface area contributed by atoms with E-state index in [1.807, 2.05) is 13.8 Å². The zero-order valence-electron chi connectivity index (χ0n) is 16.2. The van der Waals surface area contributed by atoms with Gasteiger partial charge in [0.2, 0.25) is 0 Å². The van der Waals surface area contributed by atoms with E-state index in [2.05, 4.69) is 10.6 Å². The van der Waals surface area contributed by atoms with E-state index in [-0.39, 0.29) is 11.1 Å². The number of benzene rings is 1. The zero-order chi connectivity index (χ0) is 21.1. The molecule has 0 aliphatic heterocycles. The van der Waals surface area contributed by atoms with Crippen molar-refractivity contribution in [2.75, 3.05) is 0 Å². The predicted octanol–water partition coefficient (Wildman–Crippen LogP) is 2.43. The van der Waals surface area contributed by atoms with Crippen molar-refractivity contribution >= 4 is 23.8 Å². The second-order valence-electron chi connectivity index (χ2n) is 6.59. The van der Waals surface area contributed by atoms with E-state index in [4.69, 9.17) is 0 Å². The normalized spacial score (nSPS) is 12.6. The average molecular weight is 392 g/mol. The Labute approximate surface area is 164 Å². The highest BCUT2D eigenvalue weighted by atomic mass is 16.4. The Hall–Kier alpha value is -2.90. The van der Waals surface area contributed by atoms with Crippen molar-refractivity contribution < 1.29 is 29.4 Å². The van der Waals surface area contributed by atoms with Crippen molar-refractivity contribution in [3.63, 3.8) is 0 Å². The smallest absolute Gasteiger partial charge is 0.326 e. The second kappa shape index (κ2) is 11.7. The molecular formula is C20H28N2O6. The average Bonchev–Trinajstić information content (AvgIpc) is 2.67. The number of amides is 2. The molecule has 1 aromatic rings. The first-order chi connectivity index (χ1) is 13.3. The standard InChI is InChI=1S/C20H28N2O6/c1-3-5-10-15(19(25)26)21-17(23)13-8-7-9-14(12-13)18(24)22-16(20(27)28)11-6-4-2/h7-9,12,15-16H,3-6,10-11H2,1-2H3,(H,21,23)(H,22,24)(H,25,26)(H,27,28)/t15-,16-/m0/s1. The third kappa shape index (κ3) is 7.38. The number of carbonyl (C=O) groups is 4. The molecule has 28 heavy (non-hydrogen) atoms. The van der Waals surface area contributed by atoms with Gasteiger partial charge in [0.25, 0.3) is 11.8 Å². The van der Waals surface area contributed by atoms with E-state index >= 15 is 0 Å². The van der Waals surface area contributed by atoms with E-state index in [1.165, 1.54) is 24.3 Å². The van der Waals surface area contributed by atoms with Gasteiger partial charge in [0, 0.05) is 11.1 Å². The van der Waals surface area contributed by atoms with Gasteiger partial charge >= 0.3 is 11.9 Å².